The zero-order valence-electron chi connectivity index (χ0n) is 71.0. The molecule has 29 nitrogen and oxygen atoms in total. The average Bonchev–Trinajstić information content (AvgIpc) is 0.877. The summed E-state index contributed by atoms with van der Waals surface area (Å²) >= 11 is 0. The fourth-order valence-corrected chi connectivity index (χ4v) is 15.6. The zero-order valence-corrected chi connectivity index (χ0v) is 73.6. The standard InChI is InChI=1S/C53H88N6O14P2.C30H53N4O5P/c1-7-11-13-15-18-22-52(66-40-46-24-28-50(62-5)29-25-46)32-38-64-42-48(56-58-54)44-72-74(60,68-34-9-3)70-36-20-17-21-37-71-75(61,69-35-10-4)73-45-49(57-59-55)43-65-39-33-53(23-19-16-14-12-8-2)67-41-47-26-30-51(63-6)31-27-47;1-8-10-11-12-13-14-30(37-22-27-15-17-29(35-7)18-16-27)19-21-36-23-28(32-33-31)24-39-40(38-20-9-2)34(25(3)4)26(5)6/h9-10,24-31,48-49,52-53H,3-4,7-8,11-23,32-45H2,1-2,5-6H3;9,15-18,25-26,28,30H,2,8,10-14,19-24H2,1,3-7H3/t48?,49?,52-,53-,74?,75?;28?,30-,40?/m11/s1. The molecule has 0 amide bonds. The van der Waals surface area contributed by atoms with Crippen molar-refractivity contribution in [2.75, 3.05) is 114 Å². The molecule has 0 heterocycles. The molecule has 0 aliphatic carbocycles. The van der Waals surface area contributed by atoms with Gasteiger partial charge in [0.1, 0.15) is 17.2 Å². The molecule has 9 atom stereocenters. The summed E-state index contributed by atoms with van der Waals surface area (Å²) in [6, 6.07) is 21.9. The van der Waals surface area contributed by atoms with Gasteiger partial charge in [-0.05, 0) is 155 Å². The molecule has 0 saturated heterocycles. The van der Waals surface area contributed by atoms with Crippen molar-refractivity contribution in [1.82, 2.24) is 4.67 Å². The Kier molecular flexibility index (Phi) is 64.6. The number of ether oxygens (including phenoxy) is 9. The van der Waals surface area contributed by atoms with Gasteiger partial charge in [-0.25, -0.2) is 13.8 Å². The van der Waals surface area contributed by atoms with E-state index in [0.29, 0.717) is 78.4 Å². The van der Waals surface area contributed by atoms with Crippen LogP contribution in [0.1, 0.15) is 219 Å². The third-order valence-corrected chi connectivity index (χ3v) is 22.8. The van der Waals surface area contributed by atoms with Crippen LogP contribution in [0.5, 0.6) is 17.2 Å². The van der Waals surface area contributed by atoms with Gasteiger partial charge in [0.25, 0.3) is 8.53 Å². The summed E-state index contributed by atoms with van der Waals surface area (Å²) in [5, 5.41) is 11.5. The van der Waals surface area contributed by atoms with Crippen LogP contribution in [0.25, 0.3) is 31.3 Å². The summed E-state index contributed by atoms with van der Waals surface area (Å²) in [5.41, 5.74) is 30.9. The molecular formula is C83H141N10O19P3. The number of hydrogen-bond acceptors (Lipinski definition) is 23. The van der Waals surface area contributed by atoms with Crippen LogP contribution in [-0.2, 0) is 93.6 Å². The zero-order chi connectivity index (χ0) is 84.1. The van der Waals surface area contributed by atoms with E-state index >= 15 is 0 Å². The van der Waals surface area contributed by atoms with Gasteiger partial charge in [-0.15, -0.1) is 19.7 Å². The Morgan fingerprint density at radius 1 is 0.391 bits per heavy atom. The molecule has 0 radical (unpaired) electrons. The van der Waals surface area contributed by atoms with Crippen LogP contribution in [0, 0.1) is 0 Å². The number of phosphoric ester groups is 2. The lowest BCUT2D eigenvalue weighted by Gasteiger charge is -2.35. The number of methoxy groups -OCH3 is 3. The number of phosphoric acid groups is 2. The Bertz CT molecular complexity index is 3010. The smallest absolute Gasteiger partial charge is 0.475 e. The summed E-state index contributed by atoms with van der Waals surface area (Å²) < 4.78 is 127. The Hall–Kier alpha value is -5.50. The molecule has 0 saturated carbocycles. The van der Waals surface area contributed by atoms with E-state index in [1.54, 1.807) is 27.4 Å². The van der Waals surface area contributed by atoms with E-state index in [-0.39, 0.29) is 96.5 Å². The van der Waals surface area contributed by atoms with Gasteiger partial charge in [-0.1, -0.05) is 187 Å². The largest absolute Gasteiger partial charge is 0.497 e. The van der Waals surface area contributed by atoms with Gasteiger partial charge >= 0.3 is 15.6 Å². The molecule has 6 unspecified atom stereocenters. The van der Waals surface area contributed by atoms with Gasteiger partial charge in [0, 0.05) is 46.6 Å². The molecule has 3 rings (SSSR count). The number of benzene rings is 3. The molecule has 0 aromatic heterocycles. The van der Waals surface area contributed by atoms with Crippen LogP contribution >= 0.6 is 24.2 Å². The predicted molar refractivity (Wildman–Crippen MR) is 456 cm³/mol. The second-order valence-electron chi connectivity index (χ2n) is 28.2. The number of hydrogen-bond donors (Lipinski definition) is 0. The maximum atomic E-state index is 13.6. The van der Waals surface area contributed by atoms with E-state index in [1.165, 1.54) is 76.4 Å². The van der Waals surface area contributed by atoms with Gasteiger partial charge in [-0.3, -0.25) is 27.1 Å². The lowest BCUT2D eigenvalue weighted by Crippen LogP contribution is -2.34. The summed E-state index contributed by atoms with van der Waals surface area (Å²) in [4.78, 5) is 8.87. The van der Waals surface area contributed by atoms with E-state index in [1.807, 2.05) is 72.8 Å². The lowest BCUT2D eigenvalue weighted by molar-refractivity contribution is 0.00202. The van der Waals surface area contributed by atoms with Crippen LogP contribution in [0.2, 0.25) is 0 Å². The third kappa shape index (κ3) is 53.6. The number of unbranched alkanes of at least 4 members (excludes halogenated alkanes) is 14. The fourth-order valence-electron chi connectivity index (χ4n) is 11.5. The third-order valence-electron chi connectivity index (χ3n) is 17.9. The number of nitrogens with zero attached hydrogens (tertiary/aromatic N) is 10. The van der Waals surface area contributed by atoms with Crippen molar-refractivity contribution in [3.05, 3.63) is 159 Å². The molecule has 652 valence electrons. The molecular weight excluding hydrogens is 1530 g/mol. The molecule has 32 heteroatoms. The van der Waals surface area contributed by atoms with E-state index in [4.69, 9.17) is 84.4 Å². The maximum Gasteiger partial charge on any atom is 0.475 e. The van der Waals surface area contributed by atoms with Crippen molar-refractivity contribution in [2.24, 2.45) is 15.3 Å². The SMILES string of the molecule is C=CCOP(=O)(OCCCCCOP(=O)(OCC=C)OCC(COCC[C@@H](CCCCCCC)OCc1ccc(OC)cc1)N=[N+]=[N-])OCC(COCC[C@@H](CCCCCCC)OCc1ccc(OC)cc1)N=[N+]=[N-].C=CCOP(OCC(COCC[C@@H](CCCCCCC)OCc1ccc(OC)cc1)N=[N+]=[N-])N(C(C)C)C(C)C. The summed E-state index contributed by atoms with van der Waals surface area (Å²) in [6.07, 6.45) is 28.3. The number of rotatable bonds is 77. The van der Waals surface area contributed by atoms with Crippen molar-refractivity contribution in [3.63, 3.8) is 0 Å². The van der Waals surface area contributed by atoms with Crippen molar-refractivity contribution in [1.29, 1.82) is 0 Å². The second kappa shape index (κ2) is 70.4. The van der Waals surface area contributed by atoms with E-state index in [9.17, 15) is 20.2 Å². The normalized spacial score (nSPS) is 14.3. The molecule has 115 heavy (non-hydrogen) atoms. The minimum atomic E-state index is -4.11. The Labute approximate surface area is 689 Å². The van der Waals surface area contributed by atoms with Crippen LogP contribution in [0.3, 0.4) is 0 Å². The van der Waals surface area contributed by atoms with Crippen LogP contribution in [-0.4, -0.2) is 167 Å². The van der Waals surface area contributed by atoms with Gasteiger partial charge in [0.15, 0.2) is 0 Å². The molecule has 3 aromatic rings. The molecule has 0 aliphatic heterocycles. The summed E-state index contributed by atoms with van der Waals surface area (Å²) in [5.74, 6) is 2.40. The summed E-state index contributed by atoms with van der Waals surface area (Å²) in [6.45, 7) is 28.8. The molecule has 0 fully saturated rings. The highest BCUT2D eigenvalue weighted by atomic mass is 31.2. The van der Waals surface area contributed by atoms with Gasteiger partial charge in [-0.2, -0.15) is 0 Å². The summed E-state index contributed by atoms with van der Waals surface area (Å²) in [7, 11) is -4.62. The highest BCUT2D eigenvalue weighted by Gasteiger charge is 2.31. The lowest BCUT2D eigenvalue weighted by atomic mass is 10.1. The van der Waals surface area contributed by atoms with Gasteiger partial charge in [0.2, 0.25) is 0 Å². The quantitative estimate of drug-likeness (QED) is 0.0126. The fraction of sp³-hybridized carbons (Fsp3) is 0.711. The topological polar surface area (TPSA) is 341 Å². The van der Waals surface area contributed by atoms with E-state index in [2.05, 4.69) is 103 Å². The monoisotopic (exact) mass is 1670 g/mol. The first kappa shape index (κ1) is 106. The predicted octanol–water partition coefficient (Wildman–Crippen LogP) is 23.5. The van der Waals surface area contributed by atoms with Crippen LogP contribution in [0.4, 0.5) is 0 Å². The van der Waals surface area contributed by atoms with Gasteiger partial charge in [0.05, 0.1) is 150 Å². The van der Waals surface area contributed by atoms with E-state index in [0.717, 1.165) is 91.7 Å². The van der Waals surface area contributed by atoms with E-state index < -0.39 is 42.3 Å². The number of azide groups is 3. The highest BCUT2D eigenvalue weighted by Crippen LogP contribution is 2.51. The first-order valence-electron chi connectivity index (χ1n) is 41.3. The van der Waals surface area contributed by atoms with Crippen molar-refractivity contribution in [3.8, 4) is 17.2 Å². The molecule has 0 bridgehead atoms. The van der Waals surface area contributed by atoms with Crippen molar-refractivity contribution in [2.45, 2.75) is 271 Å². The van der Waals surface area contributed by atoms with Crippen molar-refractivity contribution >= 4 is 24.2 Å². The minimum Gasteiger partial charge on any atom is -0.497 e. The highest BCUT2D eigenvalue weighted by molar-refractivity contribution is 7.48. The molecule has 0 aliphatic rings. The van der Waals surface area contributed by atoms with Crippen molar-refractivity contribution < 1.29 is 88.0 Å². The average molecular weight is 1680 g/mol. The Morgan fingerprint density at radius 3 is 1.00 bits per heavy atom. The molecule has 0 spiro atoms. The first-order valence-corrected chi connectivity index (χ1v) is 45.3. The van der Waals surface area contributed by atoms with Gasteiger partial charge < -0.3 is 51.7 Å². The molecule has 3 aromatic carbocycles. The maximum absolute atomic E-state index is 13.6. The minimum absolute atomic E-state index is 0.0139. The first-order chi connectivity index (χ1) is 55.9. The second-order valence-corrected chi connectivity index (χ2v) is 33.0. The Morgan fingerprint density at radius 2 is 0.704 bits per heavy atom. The Balaban J connectivity index is 0.000000941. The molecule has 0 N–H and O–H groups in total. The van der Waals surface area contributed by atoms with Crippen LogP contribution < -0.4 is 14.2 Å². The van der Waals surface area contributed by atoms with Crippen LogP contribution in [0.15, 0.2) is 126 Å².